The van der Waals surface area contributed by atoms with Crippen LogP contribution in [0.1, 0.15) is 5.56 Å². The number of fused-ring (bicyclic) bond motifs is 1. The van der Waals surface area contributed by atoms with Crippen molar-refractivity contribution in [2.75, 3.05) is 0 Å². The van der Waals surface area contributed by atoms with Gasteiger partial charge >= 0.3 is 0 Å². The number of pyridine rings is 1. The van der Waals surface area contributed by atoms with Crippen molar-refractivity contribution in [2.24, 2.45) is 0 Å². The molecule has 4 aromatic rings. The molecular weight excluding hydrogens is 282 g/mol. The number of rotatable bonds is 2. The van der Waals surface area contributed by atoms with Crippen LogP contribution in [-0.4, -0.2) is 24.8 Å². The molecule has 0 aliphatic rings. The van der Waals surface area contributed by atoms with E-state index >= 15 is 0 Å². The van der Waals surface area contributed by atoms with Crippen LogP contribution in [0.4, 0.5) is 0 Å². The minimum absolute atomic E-state index is 0.717. The van der Waals surface area contributed by atoms with Crippen molar-refractivity contribution in [2.45, 2.75) is 6.92 Å². The largest absolute Gasteiger partial charge is 0.264 e. The lowest BCUT2D eigenvalue weighted by Gasteiger charge is -1.99. The number of aryl methyl sites for hydroxylation is 1. The second kappa shape index (κ2) is 4.75. The summed E-state index contributed by atoms with van der Waals surface area (Å²) in [5.41, 5.74) is 3.24. The van der Waals surface area contributed by atoms with Crippen molar-refractivity contribution in [1.29, 1.82) is 0 Å². The summed E-state index contributed by atoms with van der Waals surface area (Å²) in [7, 11) is 0. The molecule has 3 aromatic heterocycles. The maximum atomic E-state index is 4.66. The fraction of sp³-hybridized carbons (Fsp3) is 0.0667. The van der Waals surface area contributed by atoms with E-state index in [9.17, 15) is 0 Å². The molecule has 102 valence electrons. The van der Waals surface area contributed by atoms with E-state index in [0.29, 0.717) is 5.82 Å². The first kappa shape index (κ1) is 12.2. The van der Waals surface area contributed by atoms with E-state index in [4.69, 9.17) is 0 Å². The van der Waals surface area contributed by atoms with Gasteiger partial charge in [0.05, 0.1) is 0 Å². The van der Waals surface area contributed by atoms with E-state index in [-0.39, 0.29) is 0 Å². The van der Waals surface area contributed by atoms with Crippen LogP contribution in [-0.2, 0) is 0 Å². The van der Waals surface area contributed by atoms with Gasteiger partial charge in [0.1, 0.15) is 5.01 Å². The van der Waals surface area contributed by atoms with Gasteiger partial charge in [-0.25, -0.2) is 0 Å². The third-order valence-electron chi connectivity index (χ3n) is 3.29. The van der Waals surface area contributed by atoms with Crippen LogP contribution in [0.2, 0.25) is 0 Å². The molecular formula is C15H11N5S. The lowest BCUT2D eigenvalue weighted by molar-refractivity contribution is 0.968. The van der Waals surface area contributed by atoms with Gasteiger partial charge in [0.15, 0.2) is 5.82 Å². The van der Waals surface area contributed by atoms with Crippen molar-refractivity contribution in [3.8, 4) is 22.0 Å². The highest BCUT2D eigenvalue weighted by atomic mass is 32.1. The van der Waals surface area contributed by atoms with E-state index in [1.165, 1.54) is 16.9 Å². The Labute approximate surface area is 124 Å². The van der Waals surface area contributed by atoms with Gasteiger partial charge in [0.2, 0.25) is 4.96 Å². The van der Waals surface area contributed by atoms with E-state index in [1.54, 1.807) is 16.9 Å². The van der Waals surface area contributed by atoms with Gasteiger partial charge in [0.25, 0.3) is 0 Å². The normalized spacial score (nSPS) is 11.1. The first-order chi connectivity index (χ1) is 10.3. The average molecular weight is 293 g/mol. The monoisotopic (exact) mass is 293 g/mol. The van der Waals surface area contributed by atoms with Gasteiger partial charge in [-0.2, -0.15) is 9.61 Å². The van der Waals surface area contributed by atoms with E-state index in [0.717, 1.165) is 21.1 Å². The summed E-state index contributed by atoms with van der Waals surface area (Å²) in [5.74, 6) is 0.717. The molecule has 6 heteroatoms. The maximum Gasteiger partial charge on any atom is 0.235 e. The lowest BCUT2D eigenvalue weighted by atomic mass is 10.1. The van der Waals surface area contributed by atoms with Gasteiger partial charge in [0, 0.05) is 23.5 Å². The molecule has 21 heavy (non-hydrogen) atoms. The SMILES string of the molecule is Cc1ccccc1-c1nn2c(-c3cccnc3)nnc2s1. The quantitative estimate of drug-likeness (QED) is 0.569. The predicted octanol–water partition coefficient (Wildman–Crippen LogP) is 3.22. The maximum absolute atomic E-state index is 4.66. The average Bonchev–Trinajstić information content (AvgIpc) is 3.08. The third kappa shape index (κ3) is 2.00. The van der Waals surface area contributed by atoms with Crippen LogP contribution in [0.5, 0.6) is 0 Å². The molecule has 0 unspecified atom stereocenters. The second-order valence-corrected chi connectivity index (χ2v) is 5.64. The molecule has 1 aromatic carbocycles. The van der Waals surface area contributed by atoms with Crippen LogP contribution in [0.15, 0.2) is 48.8 Å². The zero-order valence-electron chi connectivity index (χ0n) is 11.3. The molecule has 5 nitrogen and oxygen atoms in total. The van der Waals surface area contributed by atoms with Crippen LogP contribution in [0.25, 0.3) is 26.9 Å². The van der Waals surface area contributed by atoms with Crippen molar-refractivity contribution in [1.82, 2.24) is 24.8 Å². The highest BCUT2D eigenvalue weighted by Crippen LogP contribution is 2.29. The summed E-state index contributed by atoms with van der Waals surface area (Å²) in [6.45, 7) is 2.08. The summed E-state index contributed by atoms with van der Waals surface area (Å²) in [5, 5.41) is 14.0. The highest BCUT2D eigenvalue weighted by molar-refractivity contribution is 7.19. The Kier molecular flexibility index (Phi) is 2.75. The molecule has 0 aliphatic carbocycles. The minimum Gasteiger partial charge on any atom is -0.264 e. The summed E-state index contributed by atoms with van der Waals surface area (Å²) < 4.78 is 1.78. The topological polar surface area (TPSA) is 56.0 Å². The van der Waals surface area contributed by atoms with Crippen LogP contribution < -0.4 is 0 Å². The molecule has 0 aliphatic heterocycles. The summed E-state index contributed by atoms with van der Waals surface area (Å²) in [6.07, 6.45) is 3.50. The van der Waals surface area contributed by atoms with Gasteiger partial charge in [-0.15, -0.1) is 10.2 Å². The van der Waals surface area contributed by atoms with Gasteiger partial charge in [-0.3, -0.25) is 4.98 Å². The third-order valence-corrected chi connectivity index (χ3v) is 4.22. The van der Waals surface area contributed by atoms with E-state index in [2.05, 4.69) is 39.3 Å². The Bertz CT molecular complexity index is 910. The standard InChI is InChI=1S/C15H11N5S/c1-10-5-2-3-7-12(10)14-19-20-13(17-18-15(20)21-14)11-6-4-8-16-9-11/h2-9H,1H3. The Balaban J connectivity index is 1.89. The minimum atomic E-state index is 0.717. The van der Waals surface area contributed by atoms with E-state index in [1.807, 2.05) is 24.3 Å². The van der Waals surface area contributed by atoms with Gasteiger partial charge in [-0.05, 0) is 24.6 Å². The molecule has 0 atom stereocenters. The summed E-state index contributed by atoms with van der Waals surface area (Å²) in [6, 6.07) is 12.0. The van der Waals surface area contributed by atoms with Crippen LogP contribution in [0, 0.1) is 6.92 Å². The van der Waals surface area contributed by atoms with Crippen molar-refractivity contribution in [3.63, 3.8) is 0 Å². The Morgan fingerprint density at radius 1 is 1.05 bits per heavy atom. The highest BCUT2D eigenvalue weighted by Gasteiger charge is 2.15. The lowest BCUT2D eigenvalue weighted by Crippen LogP contribution is -1.91. The van der Waals surface area contributed by atoms with Crippen LogP contribution in [0.3, 0.4) is 0 Å². The molecule has 0 spiro atoms. The zero-order chi connectivity index (χ0) is 14.2. The number of benzene rings is 1. The van der Waals surface area contributed by atoms with E-state index < -0.39 is 0 Å². The molecule has 0 bridgehead atoms. The number of hydrogen-bond donors (Lipinski definition) is 0. The summed E-state index contributed by atoms with van der Waals surface area (Å²) in [4.78, 5) is 4.91. The molecule has 0 N–H and O–H groups in total. The Morgan fingerprint density at radius 3 is 2.76 bits per heavy atom. The smallest absolute Gasteiger partial charge is 0.235 e. The first-order valence-electron chi connectivity index (χ1n) is 6.51. The van der Waals surface area contributed by atoms with Gasteiger partial charge in [-0.1, -0.05) is 35.6 Å². The number of hydrogen-bond acceptors (Lipinski definition) is 5. The van der Waals surface area contributed by atoms with Crippen molar-refractivity contribution in [3.05, 3.63) is 54.4 Å². The Morgan fingerprint density at radius 2 is 1.95 bits per heavy atom. The first-order valence-corrected chi connectivity index (χ1v) is 7.33. The molecule has 4 rings (SSSR count). The molecule has 0 amide bonds. The van der Waals surface area contributed by atoms with Crippen molar-refractivity contribution < 1.29 is 0 Å². The second-order valence-electron chi connectivity index (χ2n) is 4.68. The molecule has 0 saturated heterocycles. The molecule has 0 saturated carbocycles. The Hall–Kier alpha value is -2.60. The number of aromatic nitrogens is 5. The molecule has 0 fully saturated rings. The summed E-state index contributed by atoms with van der Waals surface area (Å²) >= 11 is 1.54. The predicted molar refractivity (Wildman–Crippen MR) is 82.1 cm³/mol. The fourth-order valence-electron chi connectivity index (χ4n) is 2.21. The van der Waals surface area contributed by atoms with Crippen LogP contribution >= 0.6 is 11.3 Å². The number of nitrogens with zero attached hydrogens (tertiary/aromatic N) is 5. The molecule has 3 heterocycles. The zero-order valence-corrected chi connectivity index (χ0v) is 12.1. The van der Waals surface area contributed by atoms with Crippen molar-refractivity contribution >= 4 is 16.3 Å². The molecule has 0 radical (unpaired) electrons. The fourth-order valence-corrected chi connectivity index (χ4v) is 3.14. The van der Waals surface area contributed by atoms with Gasteiger partial charge < -0.3 is 0 Å².